The first-order valence-electron chi connectivity index (χ1n) is 6.85. The summed E-state index contributed by atoms with van der Waals surface area (Å²) in [5.41, 5.74) is -0.751. The second-order valence-corrected chi connectivity index (χ2v) is 6.50. The van der Waals surface area contributed by atoms with Gasteiger partial charge in [-0.05, 0) is 25.5 Å². The molecule has 0 heterocycles. The van der Waals surface area contributed by atoms with Gasteiger partial charge in [-0.3, -0.25) is 4.79 Å². The summed E-state index contributed by atoms with van der Waals surface area (Å²) in [4.78, 5) is 23.0. The molecule has 19 heavy (non-hydrogen) atoms. The summed E-state index contributed by atoms with van der Waals surface area (Å²) in [5.74, 6) is 1.10. The average molecular weight is 288 g/mol. The van der Waals surface area contributed by atoms with Gasteiger partial charge in [0.25, 0.3) is 0 Å². The predicted molar refractivity (Wildman–Crippen MR) is 77.5 cm³/mol. The zero-order chi connectivity index (χ0) is 14.3. The van der Waals surface area contributed by atoms with Crippen LogP contribution in [-0.2, 0) is 4.79 Å². The first-order valence-corrected chi connectivity index (χ1v) is 8.01. The van der Waals surface area contributed by atoms with E-state index in [-0.39, 0.29) is 18.6 Å². The highest BCUT2D eigenvalue weighted by atomic mass is 32.2. The summed E-state index contributed by atoms with van der Waals surface area (Å²) in [5, 5.41) is 14.8. The van der Waals surface area contributed by atoms with Crippen molar-refractivity contribution in [2.24, 2.45) is 5.41 Å². The maximum Gasteiger partial charge on any atom is 0.315 e. The monoisotopic (exact) mass is 288 g/mol. The zero-order valence-corrected chi connectivity index (χ0v) is 12.5. The van der Waals surface area contributed by atoms with Crippen molar-refractivity contribution in [1.82, 2.24) is 10.6 Å². The summed E-state index contributed by atoms with van der Waals surface area (Å²) in [7, 11) is 0. The lowest BCUT2D eigenvalue weighted by Gasteiger charge is -2.24. The fraction of sp³-hybridized carbons (Fsp3) is 0.846. The van der Waals surface area contributed by atoms with Crippen LogP contribution in [0.1, 0.15) is 39.5 Å². The van der Waals surface area contributed by atoms with Crippen molar-refractivity contribution in [2.75, 3.05) is 18.1 Å². The lowest BCUT2D eigenvalue weighted by atomic mass is 9.86. The van der Waals surface area contributed by atoms with Crippen LogP contribution in [0.4, 0.5) is 4.79 Å². The standard InChI is InChI=1S/C13H24N2O3S/c1-3-19-8-10(2)15-12(18)14-9-13(11(16)17)6-4-5-7-13/h10H,3-9H2,1-2H3,(H,16,17)(H2,14,15,18). The van der Waals surface area contributed by atoms with Crippen molar-refractivity contribution >= 4 is 23.8 Å². The molecule has 1 unspecified atom stereocenters. The average Bonchev–Trinajstić information content (AvgIpc) is 2.84. The minimum absolute atomic E-state index is 0.0920. The van der Waals surface area contributed by atoms with E-state index in [0.29, 0.717) is 12.8 Å². The summed E-state index contributed by atoms with van der Waals surface area (Å²) < 4.78 is 0. The highest BCUT2D eigenvalue weighted by molar-refractivity contribution is 7.99. The fourth-order valence-corrected chi connectivity index (χ4v) is 3.05. The number of carbonyl (C=O) groups is 2. The Hall–Kier alpha value is -0.910. The molecule has 2 amide bonds. The van der Waals surface area contributed by atoms with Gasteiger partial charge >= 0.3 is 12.0 Å². The number of carbonyl (C=O) groups excluding carboxylic acids is 1. The Morgan fingerprint density at radius 2 is 2.00 bits per heavy atom. The fourth-order valence-electron chi connectivity index (χ4n) is 2.38. The van der Waals surface area contributed by atoms with Gasteiger partial charge in [0, 0.05) is 18.3 Å². The van der Waals surface area contributed by atoms with Crippen LogP contribution < -0.4 is 10.6 Å². The van der Waals surface area contributed by atoms with E-state index in [2.05, 4.69) is 17.6 Å². The Morgan fingerprint density at radius 3 is 2.53 bits per heavy atom. The smallest absolute Gasteiger partial charge is 0.315 e. The number of hydrogen-bond donors (Lipinski definition) is 3. The first kappa shape index (κ1) is 16.1. The van der Waals surface area contributed by atoms with Gasteiger partial charge in [-0.25, -0.2) is 4.79 Å². The van der Waals surface area contributed by atoms with Crippen molar-refractivity contribution in [1.29, 1.82) is 0 Å². The van der Waals surface area contributed by atoms with Gasteiger partial charge < -0.3 is 15.7 Å². The van der Waals surface area contributed by atoms with Crippen molar-refractivity contribution in [2.45, 2.75) is 45.6 Å². The van der Waals surface area contributed by atoms with Gasteiger partial charge in [0.15, 0.2) is 0 Å². The minimum Gasteiger partial charge on any atom is -0.481 e. The Morgan fingerprint density at radius 1 is 1.37 bits per heavy atom. The maximum atomic E-state index is 11.7. The van der Waals surface area contributed by atoms with Gasteiger partial charge in [0.05, 0.1) is 5.41 Å². The van der Waals surface area contributed by atoms with Gasteiger partial charge in [-0.2, -0.15) is 11.8 Å². The quantitative estimate of drug-likeness (QED) is 0.670. The van der Waals surface area contributed by atoms with Crippen LogP contribution in [0, 0.1) is 5.41 Å². The summed E-state index contributed by atoms with van der Waals surface area (Å²) >= 11 is 1.77. The summed E-state index contributed by atoms with van der Waals surface area (Å²) in [6, 6.07) is -0.175. The molecule has 0 saturated heterocycles. The largest absolute Gasteiger partial charge is 0.481 e. The van der Waals surface area contributed by atoms with Gasteiger partial charge in [-0.15, -0.1) is 0 Å². The van der Waals surface area contributed by atoms with Crippen molar-refractivity contribution in [3.8, 4) is 0 Å². The Kier molecular flexibility index (Phi) is 6.48. The maximum absolute atomic E-state index is 11.7. The lowest BCUT2D eigenvalue weighted by molar-refractivity contribution is -0.148. The molecule has 1 atom stereocenters. The van der Waals surface area contributed by atoms with E-state index in [1.807, 2.05) is 6.92 Å². The molecular weight excluding hydrogens is 264 g/mol. The normalized spacial score (nSPS) is 18.8. The van der Waals surface area contributed by atoms with Crippen LogP contribution in [0.5, 0.6) is 0 Å². The molecule has 0 aliphatic heterocycles. The van der Waals surface area contributed by atoms with Crippen LogP contribution in [0.3, 0.4) is 0 Å². The second kappa shape index (κ2) is 7.62. The lowest BCUT2D eigenvalue weighted by Crippen LogP contribution is -2.47. The molecule has 0 aromatic heterocycles. The van der Waals surface area contributed by atoms with E-state index >= 15 is 0 Å². The van der Waals surface area contributed by atoms with E-state index < -0.39 is 11.4 Å². The van der Waals surface area contributed by atoms with Crippen molar-refractivity contribution < 1.29 is 14.7 Å². The number of hydrogen-bond acceptors (Lipinski definition) is 3. The molecule has 3 N–H and O–H groups in total. The molecule has 0 radical (unpaired) electrons. The topological polar surface area (TPSA) is 78.4 Å². The van der Waals surface area contributed by atoms with Crippen LogP contribution in [0.15, 0.2) is 0 Å². The number of urea groups is 1. The van der Waals surface area contributed by atoms with Crippen LogP contribution in [0.2, 0.25) is 0 Å². The number of aliphatic carboxylic acids is 1. The SMILES string of the molecule is CCSCC(C)NC(=O)NCC1(C(=O)O)CCCC1. The molecule has 0 aromatic carbocycles. The molecule has 5 nitrogen and oxygen atoms in total. The van der Waals surface area contributed by atoms with E-state index in [0.717, 1.165) is 24.3 Å². The van der Waals surface area contributed by atoms with Gasteiger partial charge in [-0.1, -0.05) is 19.8 Å². The van der Waals surface area contributed by atoms with Gasteiger partial charge in [0.1, 0.15) is 0 Å². The molecule has 0 bridgehead atoms. The van der Waals surface area contributed by atoms with E-state index in [1.165, 1.54) is 0 Å². The van der Waals surface area contributed by atoms with Crippen LogP contribution in [-0.4, -0.2) is 41.2 Å². The molecule has 1 aliphatic carbocycles. The Balaban J connectivity index is 2.34. The molecule has 1 aliphatic rings. The van der Waals surface area contributed by atoms with E-state index in [1.54, 1.807) is 11.8 Å². The third-order valence-electron chi connectivity index (χ3n) is 3.55. The number of nitrogens with one attached hydrogen (secondary N) is 2. The minimum atomic E-state index is -0.792. The highest BCUT2D eigenvalue weighted by Gasteiger charge is 2.41. The number of thioether (sulfide) groups is 1. The molecule has 0 spiro atoms. The third-order valence-corrected chi connectivity index (χ3v) is 4.70. The van der Waals surface area contributed by atoms with E-state index in [4.69, 9.17) is 0 Å². The van der Waals surface area contributed by atoms with Gasteiger partial charge in [0.2, 0.25) is 0 Å². The van der Waals surface area contributed by atoms with Crippen LogP contribution in [0.25, 0.3) is 0 Å². The third kappa shape index (κ3) is 4.93. The zero-order valence-electron chi connectivity index (χ0n) is 11.7. The molecule has 0 aromatic rings. The second-order valence-electron chi connectivity index (χ2n) is 5.18. The number of carboxylic acid groups (broad SMARTS) is 1. The Labute approximate surface area is 118 Å². The van der Waals surface area contributed by atoms with Crippen LogP contribution >= 0.6 is 11.8 Å². The molecule has 110 valence electrons. The van der Waals surface area contributed by atoms with E-state index in [9.17, 15) is 14.7 Å². The predicted octanol–water partition coefficient (Wildman–Crippen LogP) is 2.07. The molecule has 1 saturated carbocycles. The first-order chi connectivity index (χ1) is 9.00. The molecule has 1 fully saturated rings. The number of rotatable bonds is 7. The summed E-state index contributed by atoms with van der Waals surface area (Å²) in [6.45, 7) is 4.25. The summed E-state index contributed by atoms with van der Waals surface area (Å²) in [6.07, 6.45) is 3.17. The molecule has 6 heteroatoms. The number of carboxylic acids is 1. The Bertz CT molecular complexity index is 317. The van der Waals surface area contributed by atoms with Crippen molar-refractivity contribution in [3.63, 3.8) is 0 Å². The van der Waals surface area contributed by atoms with Crippen molar-refractivity contribution in [3.05, 3.63) is 0 Å². The molecular formula is C13H24N2O3S. The highest BCUT2D eigenvalue weighted by Crippen LogP contribution is 2.37. The molecule has 1 rings (SSSR count). The number of amides is 2.